The lowest BCUT2D eigenvalue weighted by molar-refractivity contribution is 0.162. The van der Waals surface area contributed by atoms with Crippen LogP contribution in [0.25, 0.3) is 0 Å². The highest BCUT2D eigenvalue weighted by molar-refractivity contribution is 5.30. The van der Waals surface area contributed by atoms with Crippen LogP contribution >= 0.6 is 0 Å². The highest BCUT2D eigenvalue weighted by Crippen LogP contribution is 2.25. The van der Waals surface area contributed by atoms with Gasteiger partial charge in [0.1, 0.15) is 17.6 Å². The maximum Gasteiger partial charge on any atom is 0.119 e. The second-order valence-corrected chi connectivity index (χ2v) is 5.31. The van der Waals surface area contributed by atoms with Gasteiger partial charge in [0.2, 0.25) is 0 Å². The van der Waals surface area contributed by atoms with Crippen molar-refractivity contribution < 1.29 is 19.3 Å². The fourth-order valence-electron chi connectivity index (χ4n) is 2.25. The van der Waals surface area contributed by atoms with Crippen molar-refractivity contribution in [2.24, 2.45) is 0 Å². The van der Waals surface area contributed by atoms with Crippen molar-refractivity contribution in [1.82, 2.24) is 0 Å². The molecule has 0 aliphatic carbocycles. The van der Waals surface area contributed by atoms with Gasteiger partial charge in [-0.1, -0.05) is 0 Å². The van der Waals surface area contributed by atoms with E-state index >= 15 is 0 Å². The topological polar surface area (TPSA) is 54.5 Å². The van der Waals surface area contributed by atoms with Crippen LogP contribution in [0.4, 0.5) is 0 Å². The van der Waals surface area contributed by atoms with Crippen LogP contribution in [0.2, 0.25) is 0 Å². The second kappa shape index (κ2) is 5.80. The van der Waals surface area contributed by atoms with E-state index in [1.807, 2.05) is 0 Å². The normalized spacial score (nSPS) is 25.9. The van der Waals surface area contributed by atoms with Crippen LogP contribution < -0.4 is 4.74 Å². The molecule has 1 aromatic carbocycles. The molecule has 0 bridgehead atoms. The first-order valence-electron chi connectivity index (χ1n) is 6.98. The minimum atomic E-state index is 0.191. The average Bonchev–Trinajstić information content (AvgIpc) is 3.26. The van der Waals surface area contributed by atoms with Crippen LogP contribution in [-0.4, -0.2) is 36.6 Å². The van der Waals surface area contributed by atoms with Gasteiger partial charge in [0.05, 0.1) is 25.4 Å². The number of benzene rings is 1. The summed E-state index contributed by atoms with van der Waals surface area (Å²) in [6.45, 7) is 1.79. The van der Waals surface area contributed by atoms with E-state index in [4.69, 9.17) is 14.2 Å². The van der Waals surface area contributed by atoms with Crippen LogP contribution in [0, 0.1) is 0 Å². The van der Waals surface area contributed by atoms with Crippen LogP contribution in [0.5, 0.6) is 11.5 Å². The van der Waals surface area contributed by atoms with Gasteiger partial charge in [-0.3, -0.25) is 0 Å². The summed E-state index contributed by atoms with van der Waals surface area (Å²) in [6, 6.07) is 6.91. The van der Waals surface area contributed by atoms with Gasteiger partial charge >= 0.3 is 0 Å². The summed E-state index contributed by atoms with van der Waals surface area (Å²) in [5.41, 5.74) is 0. The Morgan fingerprint density at radius 2 is 1.84 bits per heavy atom. The van der Waals surface area contributed by atoms with Crippen molar-refractivity contribution in [1.29, 1.82) is 0 Å². The average molecular weight is 264 g/mol. The van der Waals surface area contributed by atoms with E-state index in [0.29, 0.717) is 12.2 Å². The number of hydrogen-bond donors (Lipinski definition) is 1. The van der Waals surface area contributed by atoms with E-state index in [9.17, 15) is 5.11 Å². The molecule has 3 unspecified atom stereocenters. The number of rotatable bonds is 8. The van der Waals surface area contributed by atoms with Crippen molar-refractivity contribution in [2.75, 3.05) is 13.2 Å². The van der Waals surface area contributed by atoms with Gasteiger partial charge in [-0.2, -0.15) is 0 Å². The minimum Gasteiger partial charge on any atom is -0.508 e. The van der Waals surface area contributed by atoms with Crippen molar-refractivity contribution >= 4 is 0 Å². The third kappa shape index (κ3) is 4.40. The van der Waals surface area contributed by atoms with Crippen molar-refractivity contribution in [3.63, 3.8) is 0 Å². The molecular formula is C15H20O4. The maximum atomic E-state index is 9.27. The molecule has 2 fully saturated rings. The molecule has 0 aromatic heterocycles. The van der Waals surface area contributed by atoms with Gasteiger partial charge in [-0.15, -0.1) is 0 Å². The van der Waals surface area contributed by atoms with E-state index in [0.717, 1.165) is 44.6 Å². The summed E-state index contributed by atoms with van der Waals surface area (Å²) in [4.78, 5) is 0. The Hall–Kier alpha value is -1.26. The molecule has 0 spiro atoms. The lowest BCUT2D eigenvalue weighted by Gasteiger charge is -2.18. The summed E-state index contributed by atoms with van der Waals surface area (Å²) in [7, 11) is 0. The molecule has 3 rings (SSSR count). The SMILES string of the molecule is Oc1ccc(OC(CCCC2CO2)CC2CO2)cc1. The number of hydrogen-bond acceptors (Lipinski definition) is 4. The molecule has 19 heavy (non-hydrogen) atoms. The van der Waals surface area contributed by atoms with Gasteiger partial charge in [0.25, 0.3) is 0 Å². The van der Waals surface area contributed by atoms with E-state index in [1.54, 1.807) is 24.3 Å². The molecule has 0 amide bonds. The Morgan fingerprint density at radius 1 is 1.16 bits per heavy atom. The molecule has 4 nitrogen and oxygen atoms in total. The minimum absolute atomic E-state index is 0.191. The van der Waals surface area contributed by atoms with E-state index < -0.39 is 0 Å². The molecule has 104 valence electrons. The quantitative estimate of drug-likeness (QED) is 0.733. The van der Waals surface area contributed by atoms with E-state index in [2.05, 4.69) is 0 Å². The highest BCUT2D eigenvalue weighted by atomic mass is 16.6. The predicted molar refractivity (Wildman–Crippen MR) is 70.5 cm³/mol. The Balaban J connectivity index is 1.49. The fraction of sp³-hybridized carbons (Fsp3) is 0.600. The summed E-state index contributed by atoms with van der Waals surface area (Å²) >= 11 is 0. The molecule has 1 aromatic rings. The Morgan fingerprint density at radius 3 is 2.47 bits per heavy atom. The van der Waals surface area contributed by atoms with E-state index in [-0.39, 0.29) is 11.9 Å². The first-order chi connectivity index (χ1) is 9.29. The Labute approximate surface area is 113 Å². The number of phenolic OH excluding ortho intramolecular Hbond substituents is 1. The number of ether oxygens (including phenoxy) is 3. The summed E-state index contributed by atoms with van der Waals surface area (Å²) < 4.78 is 16.5. The molecule has 2 aliphatic rings. The summed E-state index contributed by atoms with van der Waals surface area (Å²) in [6.07, 6.45) is 5.29. The monoisotopic (exact) mass is 264 g/mol. The Bertz CT molecular complexity index is 395. The van der Waals surface area contributed by atoms with Gasteiger partial charge in [-0.25, -0.2) is 0 Å². The highest BCUT2D eigenvalue weighted by Gasteiger charge is 2.28. The van der Waals surface area contributed by atoms with E-state index in [1.165, 1.54) is 0 Å². The summed E-state index contributed by atoms with van der Waals surface area (Å²) in [5, 5.41) is 9.27. The number of phenols is 1. The fourth-order valence-corrected chi connectivity index (χ4v) is 2.25. The molecular weight excluding hydrogens is 244 g/mol. The van der Waals surface area contributed by atoms with Crippen LogP contribution in [0.1, 0.15) is 25.7 Å². The predicted octanol–water partition coefficient (Wildman–Crippen LogP) is 2.50. The lowest BCUT2D eigenvalue weighted by Crippen LogP contribution is -2.19. The molecule has 2 saturated heterocycles. The van der Waals surface area contributed by atoms with Crippen molar-refractivity contribution in [2.45, 2.75) is 44.0 Å². The van der Waals surface area contributed by atoms with Crippen LogP contribution in [0.3, 0.4) is 0 Å². The molecule has 2 aliphatic heterocycles. The second-order valence-electron chi connectivity index (χ2n) is 5.31. The zero-order chi connectivity index (χ0) is 13.1. The van der Waals surface area contributed by atoms with Gasteiger partial charge in [0.15, 0.2) is 0 Å². The third-order valence-corrected chi connectivity index (χ3v) is 3.52. The van der Waals surface area contributed by atoms with Gasteiger partial charge < -0.3 is 19.3 Å². The smallest absolute Gasteiger partial charge is 0.119 e. The van der Waals surface area contributed by atoms with Crippen molar-refractivity contribution in [3.05, 3.63) is 24.3 Å². The standard InChI is InChI=1S/C15H20O4/c16-11-4-6-12(7-5-11)19-13(8-15-10-18-15)2-1-3-14-9-17-14/h4-7,13-16H,1-3,8-10H2. The molecule has 3 atom stereocenters. The third-order valence-electron chi connectivity index (χ3n) is 3.52. The largest absolute Gasteiger partial charge is 0.508 e. The zero-order valence-electron chi connectivity index (χ0n) is 11.0. The number of epoxide rings is 2. The first kappa shape index (κ1) is 12.8. The molecule has 0 radical (unpaired) electrons. The molecule has 0 saturated carbocycles. The molecule has 2 heterocycles. The maximum absolute atomic E-state index is 9.27. The number of aromatic hydroxyl groups is 1. The van der Waals surface area contributed by atoms with Gasteiger partial charge in [-0.05, 0) is 43.5 Å². The zero-order valence-corrected chi connectivity index (χ0v) is 11.0. The lowest BCUT2D eigenvalue weighted by atomic mass is 10.1. The van der Waals surface area contributed by atoms with Crippen LogP contribution in [-0.2, 0) is 9.47 Å². The van der Waals surface area contributed by atoms with Crippen molar-refractivity contribution in [3.8, 4) is 11.5 Å². The van der Waals surface area contributed by atoms with Crippen LogP contribution in [0.15, 0.2) is 24.3 Å². The molecule has 4 heteroatoms. The first-order valence-corrected chi connectivity index (χ1v) is 6.98. The van der Waals surface area contributed by atoms with Gasteiger partial charge in [0, 0.05) is 6.42 Å². The molecule has 1 N–H and O–H groups in total. The Kier molecular flexibility index (Phi) is 3.89. The summed E-state index contributed by atoms with van der Waals surface area (Å²) in [5.74, 6) is 1.08.